The van der Waals surface area contributed by atoms with Crippen LogP contribution in [0.5, 0.6) is 0 Å². The normalized spacial score (nSPS) is 15.6. The minimum absolute atomic E-state index is 0.306. The molecule has 1 heterocycles. The molecule has 2 N–H and O–H groups in total. The minimum atomic E-state index is -0.306. The molecule has 0 saturated heterocycles. The number of aromatic nitrogens is 1. The van der Waals surface area contributed by atoms with E-state index in [2.05, 4.69) is 20.2 Å². The molecule has 5 nitrogen and oxygen atoms in total. The molecule has 3 rings (SSSR count). The van der Waals surface area contributed by atoms with Gasteiger partial charge in [0, 0.05) is 17.0 Å². The van der Waals surface area contributed by atoms with Crippen LogP contribution in [0.15, 0.2) is 59.8 Å². The number of nitrogens with zero attached hydrogens (tertiary/aromatic N) is 2. The number of rotatable bonds is 5. The number of urea groups is 1. The summed E-state index contributed by atoms with van der Waals surface area (Å²) in [5, 5.41) is 4.81. The maximum Gasteiger partial charge on any atom is 0.345 e. The van der Waals surface area contributed by atoms with Crippen LogP contribution in [0.25, 0.3) is 0 Å². The summed E-state index contributed by atoms with van der Waals surface area (Å²) in [6.07, 6.45) is 7.84. The minimum Gasteiger partial charge on any atom is -0.280 e. The summed E-state index contributed by atoms with van der Waals surface area (Å²) < 4.78 is 2.85. The Balaban J connectivity index is 1.65. The van der Waals surface area contributed by atoms with E-state index in [0.717, 1.165) is 18.4 Å². The summed E-state index contributed by atoms with van der Waals surface area (Å²) in [7, 11) is 0. The van der Waals surface area contributed by atoms with Gasteiger partial charge in [-0.15, -0.1) is 0 Å². The molecule has 0 bridgehead atoms. The quantitative estimate of drug-likeness (QED) is 0.482. The van der Waals surface area contributed by atoms with Crippen LogP contribution in [0.3, 0.4) is 0 Å². The van der Waals surface area contributed by atoms with Crippen LogP contribution in [0, 0.1) is 0 Å². The van der Waals surface area contributed by atoms with E-state index in [0.29, 0.717) is 16.7 Å². The maximum atomic E-state index is 12.1. The zero-order valence-electron chi connectivity index (χ0n) is 14.0. The molecule has 1 saturated carbocycles. The molecular formula is C19H22N4OS. The van der Waals surface area contributed by atoms with Gasteiger partial charge in [0.05, 0.1) is 5.69 Å². The molecule has 1 aromatic heterocycles. The Bertz CT molecular complexity index is 658. The standard InChI is InChI=1S/C19H22N4OS/c24-19(23-25-16-11-5-2-6-12-16)22-21-18(15-9-3-1-4-10-15)17-13-7-8-14-20-17/h1,3-4,7-10,13-14,16H,2,5-6,11-12H2,(H2,22,23,24)/b21-18+. The van der Waals surface area contributed by atoms with Gasteiger partial charge in [-0.25, -0.2) is 10.2 Å². The lowest BCUT2D eigenvalue weighted by atomic mass is 10.0. The molecule has 2 aromatic rings. The van der Waals surface area contributed by atoms with E-state index in [1.54, 1.807) is 6.20 Å². The van der Waals surface area contributed by atoms with Gasteiger partial charge in [0.2, 0.25) is 0 Å². The van der Waals surface area contributed by atoms with Crippen molar-refractivity contribution in [3.05, 3.63) is 66.0 Å². The van der Waals surface area contributed by atoms with E-state index in [4.69, 9.17) is 0 Å². The smallest absolute Gasteiger partial charge is 0.280 e. The highest BCUT2D eigenvalue weighted by atomic mass is 32.2. The van der Waals surface area contributed by atoms with Crippen LogP contribution in [0.1, 0.15) is 43.4 Å². The van der Waals surface area contributed by atoms with Crippen molar-refractivity contribution in [2.75, 3.05) is 0 Å². The number of carbonyl (C=O) groups excluding carboxylic acids is 1. The zero-order chi connectivity index (χ0) is 17.3. The zero-order valence-corrected chi connectivity index (χ0v) is 14.8. The molecule has 1 aliphatic rings. The first-order valence-electron chi connectivity index (χ1n) is 8.59. The fraction of sp³-hybridized carbons (Fsp3) is 0.316. The summed E-state index contributed by atoms with van der Waals surface area (Å²) in [4.78, 5) is 16.4. The van der Waals surface area contributed by atoms with Crippen LogP contribution < -0.4 is 10.1 Å². The van der Waals surface area contributed by atoms with Crippen molar-refractivity contribution in [3.8, 4) is 0 Å². The second kappa shape index (κ2) is 9.22. The fourth-order valence-electron chi connectivity index (χ4n) is 2.82. The predicted octanol–water partition coefficient (Wildman–Crippen LogP) is 4.11. The third kappa shape index (κ3) is 5.32. The average Bonchev–Trinajstić information content (AvgIpc) is 2.69. The van der Waals surface area contributed by atoms with E-state index < -0.39 is 0 Å². The van der Waals surface area contributed by atoms with Gasteiger partial charge in [-0.1, -0.05) is 55.7 Å². The summed E-state index contributed by atoms with van der Waals surface area (Å²) >= 11 is 1.50. The SMILES string of the molecule is O=C(N/N=C(\c1ccccc1)c1ccccn1)NSC1CCCCC1. The number of hydrogen-bond donors (Lipinski definition) is 2. The molecule has 2 amide bonds. The first kappa shape index (κ1) is 17.5. The molecule has 0 unspecified atom stereocenters. The van der Waals surface area contributed by atoms with E-state index in [1.165, 1.54) is 31.2 Å². The van der Waals surface area contributed by atoms with Crippen LogP contribution in [-0.2, 0) is 0 Å². The Kier molecular flexibility index (Phi) is 6.45. The van der Waals surface area contributed by atoms with E-state index in [9.17, 15) is 4.79 Å². The lowest BCUT2D eigenvalue weighted by Crippen LogP contribution is -2.30. The number of amides is 2. The van der Waals surface area contributed by atoms with Gasteiger partial charge in [0.15, 0.2) is 0 Å². The second-order valence-electron chi connectivity index (χ2n) is 5.96. The Morgan fingerprint density at radius 1 is 1.04 bits per heavy atom. The molecular weight excluding hydrogens is 332 g/mol. The first-order chi connectivity index (χ1) is 12.3. The Morgan fingerprint density at radius 3 is 2.52 bits per heavy atom. The molecule has 130 valence electrons. The molecule has 1 fully saturated rings. The van der Waals surface area contributed by atoms with Crippen LogP contribution in [0.2, 0.25) is 0 Å². The van der Waals surface area contributed by atoms with Gasteiger partial charge in [-0.3, -0.25) is 9.71 Å². The number of hydrogen-bond acceptors (Lipinski definition) is 4. The second-order valence-corrected chi connectivity index (χ2v) is 7.07. The lowest BCUT2D eigenvalue weighted by Gasteiger charge is -2.20. The third-order valence-corrected chi connectivity index (χ3v) is 5.20. The van der Waals surface area contributed by atoms with Gasteiger partial charge in [-0.2, -0.15) is 5.10 Å². The van der Waals surface area contributed by atoms with Crippen molar-refractivity contribution < 1.29 is 4.79 Å². The van der Waals surface area contributed by atoms with E-state index in [1.807, 2.05) is 48.5 Å². The van der Waals surface area contributed by atoms with Crippen LogP contribution in [0.4, 0.5) is 4.79 Å². The molecule has 0 spiro atoms. The average molecular weight is 354 g/mol. The van der Waals surface area contributed by atoms with Crippen molar-refractivity contribution in [3.63, 3.8) is 0 Å². The molecule has 1 aliphatic carbocycles. The molecule has 0 atom stereocenters. The third-order valence-electron chi connectivity index (χ3n) is 4.09. The van der Waals surface area contributed by atoms with Crippen molar-refractivity contribution in [2.24, 2.45) is 5.10 Å². The predicted molar refractivity (Wildman–Crippen MR) is 102 cm³/mol. The van der Waals surface area contributed by atoms with Gasteiger partial charge in [0.1, 0.15) is 5.71 Å². The van der Waals surface area contributed by atoms with Crippen molar-refractivity contribution >= 4 is 23.7 Å². The van der Waals surface area contributed by atoms with Crippen molar-refractivity contribution in [2.45, 2.75) is 37.4 Å². The number of nitrogens with one attached hydrogen (secondary N) is 2. The van der Waals surface area contributed by atoms with Crippen LogP contribution >= 0.6 is 11.9 Å². The highest BCUT2D eigenvalue weighted by Crippen LogP contribution is 2.26. The first-order valence-corrected chi connectivity index (χ1v) is 9.47. The molecule has 0 radical (unpaired) electrons. The summed E-state index contributed by atoms with van der Waals surface area (Å²) in [6.45, 7) is 0. The van der Waals surface area contributed by atoms with Gasteiger partial charge >= 0.3 is 6.03 Å². The summed E-state index contributed by atoms with van der Waals surface area (Å²) in [5.41, 5.74) is 4.86. The summed E-state index contributed by atoms with van der Waals surface area (Å²) in [6, 6.07) is 15.0. The largest absolute Gasteiger partial charge is 0.345 e. The molecule has 6 heteroatoms. The highest BCUT2D eigenvalue weighted by Gasteiger charge is 2.15. The van der Waals surface area contributed by atoms with E-state index >= 15 is 0 Å². The van der Waals surface area contributed by atoms with Gasteiger partial charge in [-0.05, 0) is 36.9 Å². The molecule has 25 heavy (non-hydrogen) atoms. The Hall–Kier alpha value is -2.34. The number of hydrazone groups is 1. The van der Waals surface area contributed by atoms with Gasteiger partial charge < -0.3 is 0 Å². The number of carbonyl (C=O) groups is 1. The van der Waals surface area contributed by atoms with Gasteiger partial charge in [0.25, 0.3) is 0 Å². The highest BCUT2D eigenvalue weighted by molar-refractivity contribution is 7.98. The monoisotopic (exact) mass is 354 g/mol. The van der Waals surface area contributed by atoms with Crippen molar-refractivity contribution in [1.82, 2.24) is 15.1 Å². The Labute approximate surface area is 152 Å². The maximum absolute atomic E-state index is 12.1. The topological polar surface area (TPSA) is 66.4 Å². The van der Waals surface area contributed by atoms with Crippen molar-refractivity contribution in [1.29, 1.82) is 0 Å². The molecule has 0 aliphatic heterocycles. The number of benzene rings is 1. The van der Waals surface area contributed by atoms with Crippen LogP contribution in [-0.4, -0.2) is 22.0 Å². The fourth-order valence-corrected chi connectivity index (χ4v) is 3.71. The summed E-state index contributed by atoms with van der Waals surface area (Å²) in [5.74, 6) is 0. The van der Waals surface area contributed by atoms with E-state index in [-0.39, 0.29) is 6.03 Å². The molecule has 1 aromatic carbocycles. The lowest BCUT2D eigenvalue weighted by molar-refractivity contribution is 0.247. The number of pyridine rings is 1. The Morgan fingerprint density at radius 2 is 1.80 bits per heavy atom.